The predicted octanol–water partition coefficient (Wildman–Crippen LogP) is 2.10. The molecule has 0 bridgehead atoms. The predicted molar refractivity (Wildman–Crippen MR) is 107 cm³/mol. The molecule has 2 aromatic carbocycles. The summed E-state index contributed by atoms with van der Waals surface area (Å²) in [6, 6.07) is 14.4. The minimum Gasteiger partial charge on any atom is -0.491 e. The van der Waals surface area contributed by atoms with Gasteiger partial charge in [-0.15, -0.1) is 0 Å². The van der Waals surface area contributed by atoms with Gasteiger partial charge in [-0.2, -0.15) is 0 Å². The third-order valence-corrected chi connectivity index (χ3v) is 5.56. The van der Waals surface area contributed by atoms with E-state index in [0.29, 0.717) is 13.2 Å². The number of anilines is 1. The van der Waals surface area contributed by atoms with Crippen LogP contribution in [0.2, 0.25) is 5.02 Å². The Bertz CT molecular complexity index is 692. The Morgan fingerprint density at radius 2 is 1.73 bits per heavy atom. The van der Waals surface area contributed by atoms with E-state index in [9.17, 15) is 5.11 Å². The second kappa shape index (κ2) is 8.76. The molecule has 3 rings (SSSR count). The van der Waals surface area contributed by atoms with Gasteiger partial charge in [-0.25, -0.2) is 0 Å². The van der Waals surface area contributed by atoms with Crippen LogP contribution in [0.5, 0.6) is 5.75 Å². The standard InChI is InChI=1S/C21H27ClN2O2/c1-16-12-20(13-17(2)21(16)22)26-15-19(25)14-23-8-10-24(11-9-23)18-6-4-3-5-7-18/h3-7,12-13,19,25H,8-11,14-15H2,1-2H3/p+1/t19-/m1/s1. The minimum absolute atomic E-state index is 0.312. The molecule has 26 heavy (non-hydrogen) atoms. The Hall–Kier alpha value is -1.75. The molecule has 0 saturated carbocycles. The van der Waals surface area contributed by atoms with Crippen molar-refractivity contribution in [3.63, 3.8) is 0 Å². The molecule has 0 aliphatic carbocycles. The average molecular weight is 376 g/mol. The van der Waals surface area contributed by atoms with Crippen molar-refractivity contribution in [1.82, 2.24) is 0 Å². The zero-order chi connectivity index (χ0) is 18.5. The van der Waals surface area contributed by atoms with Gasteiger partial charge in [0.2, 0.25) is 0 Å². The summed E-state index contributed by atoms with van der Waals surface area (Å²) in [6.45, 7) is 9.06. The van der Waals surface area contributed by atoms with E-state index in [-0.39, 0.29) is 0 Å². The number of nitrogens with one attached hydrogen (secondary N) is 1. The van der Waals surface area contributed by atoms with Crippen LogP contribution in [0.4, 0.5) is 5.69 Å². The van der Waals surface area contributed by atoms with Gasteiger partial charge in [-0.05, 0) is 49.2 Å². The van der Waals surface area contributed by atoms with Gasteiger partial charge in [0.05, 0.1) is 26.2 Å². The number of rotatable bonds is 6. The highest BCUT2D eigenvalue weighted by Gasteiger charge is 2.22. The lowest BCUT2D eigenvalue weighted by Gasteiger charge is -2.34. The number of piperazine rings is 1. The van der Waals surface area contributed by atoms with Gasteiger partial charge >= 0.3 is 0 Å². The first-order chi connectivity index (χ1) is 12.5. The number of para-hydroxylation sites is 1. The third kappa shape index (κ3) is 4.91. The summed E-state index contributed by atoms with van der Waals surface area (Å²) in [6.07, 6.45) is -0.468. The van der Waals surface area contributed by atoms with Crippen molar-refractivity contribution in [2.45, 2.75) is 20.0 Å². The maximum absolute atomic E-state index is 10.4. The van der Waals surface area contributed by atoms with Gasteiger partial charge in [-0.3, -0.25) is 0 Å². The molecule has 140 valence electrons. The number of aryl methyl sites for hydroxylation is 2. The fraction of sp³-hybridized carbons (Fsp3) is 0.429. The number of ether oxygens (including phenoxy) is 1. The molecule has 0 spiro atoms. The summed E-state index contributed by atoms with van der Waals surface area (Å²) in [5.41, 5.74) is 3.28. The molecule has 1 atom stereocenters. The topological polar surface area (TPSA) is 37.1 Å². The number of aliphatic hydroxyl groups is 1. The summed E-state index contributed by atoms with van der Waals surface area (Å²) in [5, 5.41) is 11.1. The van der Waals surface area contributed by atoms with E-state index >= 15 is 0 Å². The summed E-state index contributed by atoms with van der Waals surface area (Å²) in [7, 11) is 0. The Morgan fingerprint density at radius 3 is 2.35 bits per heavy atom. The van der Waals surface area contributed by atoms with E-state index in [0.717, 1.165) is 48.1 Å². The molecule has 1 saturated heterocycles. The lowest BCUT2D eigenvalue weighted by Crippen LogP contribution is -3.16. The van der Waals surface area contributed by atoms with Gasteiger partial charge in [0.25, 0.3) is 0 Å². The fourth-order valence-electron chi connectivity index (χ4n) is 3.50. The third-order valence-electron chi connectivity index (χ3n) is 4.97. The lowest BCUT2D eigenvalue weighted by molar-refractivity contribution is -0.903. The largest absolute Gasteiger partial charge is 0.491 e. The van der Waals surface area contributed by atoms with Gasteiger partial charge in [0.15, 0.2) is 0 Å². The molecular weight excluding hydrogens is 348 g/mol. The smallest absolute Gasteiger partial charge is 0.137 e. The molecule has 0 unspecified atom stereocenters. The fourth-order valence-corrected chi connectivity index (χ4v) is 3.61. The molecule has 2 aromatic rings. The number of quaternary nitrogens is 1. The van der Waals surface area contributed by atoms with Crippen molar-refractivity contribution in [2.75, 3.05) is 44.2 Å². The van der Waals surface area contributed by atoms with Crippen molar-refractivity contribution >= 4 is 17.3 Å². The van der Waals surface area contributed by atoms with Crippen LogP contribution in [0, 0.1) is 13.8 Å². The van der Waals surface area contributed by atoms with Crippen molar-refractivity contribution < 1.29 is 14.7 Å². The molecule has 2 N–H and O–H groups in total. The Morgan fingerprint density at radius 1 is 1.12 bits per heavy atom. The van der Waals surface area contributed by atoms with E-state index in [4.69, 9.17) is 16.3 Å². The molecular formula is C21H28ClN2O2+. The first kappa shape index (κ1) is 19.0. The van der Waals surface area contributed by atoms with Crippen molar-refractivity contribution in [3.8, 4) is 5.75 Å². The van der Waals surface area contributed by atoms with Crippen LogP contribution in [0.15, 0.2) is 42.5 Å². The van der Waals surface area contributed by atoms with Gasteiger partial charge in [-0.1, -0.05) is 29.8 Å². The number of benzene rings is 2. The van der Waals surface area contributed by atoms with E-state index in [1.54, 1.807) is 0 Å². The highest BCUT2D eigenvalue weighted by Crippen LogP contribution is 2.25. The van der Waals surface area contributed by atoms with Crippen LogP contribution < -0.4 is 14.5 Å². The van der Waals surface area contributed by atoms with Crippen LogP contribution in [0.1, 0.15) is 11.1 Å². The van der Waals surface area contributed by atoms with E-state index in [2.05, 4.69) is 29.2 Å². The maximum Gasteiger partial charge on any atom is 0.137 e. The molecule has 4 nitrogen and oxygen atoms in total. The average Bonchev–Trinajstić information content (AvgIpc) is 2.65. The molecule has 1 aliphatic rings. The van der Waals surface area contributed by atoms with E-state index in [1.165, 1.54) is 10.6 Å². The number of aliphatic hydroxyl groups excluding tert-OH is 1. The SMILES string of the molecule is Cc1cc(OC[C@H](O)C[NH+]2CCN(c3ccccc3)CC2)cc(C)c1Cl. The minimum atomic E-state index is -0.468. The Kier molecular flexibility index (Phi) is 6.41. The molecule has 0 aromatic heterocycles. The molecule has 0 amide bonds. The van der Waals surface area contributed by atoms with Crippen molar-refractivity contribution in [3.05, 3.63) is 58.6 Å². The van der Waals surface area contributed by atoms with Gasteiger partial charge in [0, 0.05) is 10.7 Å². The van der Waals surface area contributed by atoms with Crippen molar-refractivity contribution in [1.29, 1.82) is 0 Å². The molecule has 0 radical (unpaired) electrons. The number of nitrogens with zero attached hydrogens (tertiary/aromatic N) is 1. The summed E-state index contributed by atoms with van der Waals surface area (Å²) < 4.78 is 5.78. The highest BCUT2D eigenvalue weighted by atomic mass is 35.5. The van der Waals surface area contributed by atoms with Gasteiger partial charge in [0.1, 0.15) is 25.0 Å². The second-order valence-corrected chi connectivity index (χ2v) is 7.49. The zero-order valence-corrected chi connectivity index (χ0v) is 16.3. The van der Waals surface area contributed by atoms with Crippen LogP contribution in [0.25, 0.3) is 0 Å². The van der Waals surface area contributed by atoms with Crippen LogP contribution in [-0.2, 0) is 0 Å². The number of hydrogen-bond acceptors (Lipinski definition) is 3. The van der Waals surface area contributed by atoms with E-state index < -0.39 is 6.10 Å². The maximum atomic E-state index is 10.4. The summed E-state index contributed by atoms with van der Waals surface area (Å²) in [4.78, 5) is 3.84. The molecule has 1 heterocycles. The monoisotopic (exact) mass is 375 g/mol. The first-order valence-electron chi connectivity index (χ1n) is 9.24. The van der Waals surface area contributed by atoms with Crippen LogP contribution in [0.3, 0.4) is 0 Å². The lowest BCUT2D eigenvalue weighted by atomic mass is 10.1. The van der Waals surface area contributed by atoms with Crippen LogP contribution in [-0.4, -0.2) is 50.5 Å². The zero-order valence-electron chi connectivity index (χ0n) is 15.5. The Labute approximate surface area is 160 Å². The molecule has 1 aliphatic heterocycles. The van der Waals surface area contributed by atoms with Gasteiger partial charge < -0.3 is 19.6 Å². The normalized spacial score (nSPS) is 16.5. The quantitative estimate of drug-likeness (QED) is 0.812. The van der Waals surface area contributed by atoms with E-state index in [1.807, 2.05) is 32.0 Å². The molecule has 5 heteroatoms. The van der Waals surface area contributed by atoms with Crippen molar-refractivity contribution in [2.24, 2.45) is 0 Å². The first-order valence-corrected chi connectivity index (χ1v) is 9.62. The second-order valence-electron chi connectivity index (χ2n) is 7.11. The summed E-state index contributed by atoms with van der Waals surface area (Å²) in [5.74, 6) is 0.771. The van der Waals surface area contributed by atoms with Crippen LogP contribution >= 0.6 is 11.6 Å². The number of hydrogen-bond donors (Lipinski definition) is 2. The Balaban J connectivity index is 1.44. The highest BCUT2D eigenvalue weighted by molar-refractivity contribution is 6.32. The summed E-state index contributed by atoms with van der Waals surface area (Å²) >= 11 is 6.18. The number of halogens is 1. The molecule has 1 fully saturated rings.